The second-order valence-corrected chi connectivity index (χ2v) is 3.80. The second kappa shape index (κ2) is 3.46. The van der Waals surface area contributed by atoms with Gasteiger partial charge in [0.2, 0.25) is 0 Å². The Kier molecular flexibility index (Phi) is 2.31. The van der Waals surface area contributed by atoms with Gasteiger partial charge in [-0.2, -0.15) is 0 Å². The summed E-state index contributed by atoms with van der Waals surface area (Å²) in [7, 11) is 2.00. The number of hydrogen-bond donors (Lipinski definition) is 1. The molecular weight excluding hydrogens is 164 g/mol. The SMILES string of the molecule is Cn1c(CN)nnc1CC1CCC1. The van der Waals surface area contributed by atoms with Crippen molar-refractivity contribution < 1.29 is 0 Å². The first-order valence-corrected chi connectivity index (χ1v) is 4.88. The van der Waals surface area contributed by atoms with Crippen LogP contribution in [0.2, 0.25) is 0 Å². The lowest BCUT2D eigenvalue weighted by atomic mass is 9.83. The third-order valence-corrected chi connectivity index (χ3v) is 2.93. The molecule has 1 aromatic heterocycles. The number of rotatable bonds is 3. The lowest BCUT2D eigenvalue weighted by Gasteiger charge is -2.24. The zero-order valence-electron chi connectivity index (χ0n) is 8.03. The van der Waals surface area contributed by atoms with Crippen molar-refractivity contribution in [3.8, 4) is 0 Å². The molecule has 0 spiro atoms. The van der Waals surface area contributed by atoms with E-state index in [1.165, 1.54) is 19.3 Å². The van der Waals surface area contributed by atoms with E-state index in [-0.39, 0.29) is 0 Å². The van der Waals surface area contributed by atoms with Gasteiger partial charge in [0, 0.05) is 13.5 Å². The molecule has 13 heavy (non-hydrogen) atoms. The lowest BCUT2D eigenvalue weighted by Crippen LogP contribution is -2.16. The predicted molar refractivity (Wildman–Crippen MR) is 49.9 cm³/mol. The van der Waals surface area contributed by atoms with Gasteiger partial charge in [0.25, 0.3) is 0 Å². The van der Waals surface area contributed by atoms with Crippen LogP contribution in [0.15, 0.2) is 0 Å². The molecule has 0 atom stereocenters. The Bertz CT molecular complexity index is 288. The topological polar surface area (TPSA) is 56.7 Å². The number of nitrogens with two attached hydrogens (primary N) is 1. The molecule has 1 aliphatic carbocycles. The Hall–Kier alpha value is -0.900. The van der Waals surface area contributed by atoms with Crippen LogP contribution in [-0.2, 0) is 20.0 Å². The van der Waals surface area contributed by atoms with Crippen molar-refractivity contribution in [3.05, 3.63) is 11.6 Å². The normalized spacial score (nSPS) is 17.4. The van der Waals surface area contributed by atoms with Gasteiger partial charge >= 0.3 is 0 Å². The third-order valence-electron chi connectivity index (χ3n) is 2.93. The van der Waals surface area contributed by atoms with E-state index in [4.69, 9.17) is 5.73 Å². The van der Waals surface area contributed by atoms with Crippen LogP contribution in [0.25, 0.3) is 0 Å². The van der Waals surface area contributed by atoms with Crippen LogP contribution in [0.4, 0.5) is 0 Å². The van der Waals surface area contributed by atoms with Gasteiger partial charge in [-0.15, -0.1) is 10.2 Å². The lowest BCUT2D eigenvalue weighted by molar-refractivity contribution is 0.306. The predicted octanol–water partition coefficient (Wildman–Crippen LogP) is 0.616. The molecule has 1 aromatic rings. The fourth-order valence-electron chi connectivity index (χ4n) is 1.71. The molecule has 0 aromatic carbocycles. The molecule has 4 heteroatoms. The highest BCUT2D eigenvalue weighted by Gasteiger charge is 2.20. The third kappa shape index (κ3) is 1.58. The number of hydrogen-bond acceptors (Lipinski definition) is 3. The van der Waals surface area contributed by atoms with E-state index >= 15 is 0 Å². The summed E-state index contributed by atoms with van der Waals surface area (Å²) in [4.78, 5) is 0. The fraction of sp³-hybridized carbons (Fsp3) is 0.778. The minimum atomic E-state index is 0.480. The summed E-state index contributed by atoms with van der Waals surface area (Å²) in [5.41, 5.74) is 5.52. The summed E-state index contributed by atoms with van der Waals surface area (Å²) in [5.74, 6) is 2.81. The zero-order chi connectivity index (χ0) is 9.26. The summed E-state index contributed by atoms with van der Waals surface area (Å²) < 4.78 is 2.03. The van der Waals surface area contributed by atoms with Gasteiger partial charge in [0.1, 0.15) is 11.6 Å². The first kappa shape index (κ1) is 8.69. The quantitative estimate of drug-likeness (QED) is 0.741. The molecule has 0 bridgehead atoms. The van der Waals surface area contributed by atoms with Gasteiger partial charge in [-0.05, 0) is 5.92 Å². The highest BCUT2D eigenvalue weighted by molar-refractivity contribution is 4.96. The molecule has 1 fully saturated rings. The largest absolute Gasteiger partial charge is 0.324 e. The first-order valence-electron chi connectivity index (χ1n) is 4.88. The highest BCUT2D eigenvalue weighted by atomic mass is 15.3. The maximum absolute atomic E-state index is 5.52. The van der Waals surface area contributed by atoms with E-state index in [1.807, 2.05) is 11.6 Å². The molecule has 0 saturated heterocycles. The molecule has 72 valence electrons. The molecule has 0 unspecified atom stereocenters. The molecular formula is C9H16N4. The van der Waals surface area contributed by atoms with Gasteiger partial charge in [-0.25, -0.2) is 0 Å². The minimum Gasteiger partial charge on any atom is -0.324 e. The Balaban J connectivity index is 2.06. The Morgan fingerprint density at radius 2 is 2.08 bits per heavy atom. The second-order valence-electron chi connectivity index (χ2n) is 3.80. The molecule has 2 rings (SSSR count). The summed E-state index contributed by atoms with van der Waals surface area (Å²) in [6.07, 6.45) is 5.16. The van der Waals surface area contributed by atoms with Gasteiger partial charge in [0.05, 0.1) is 6.54 Å². The van der Waals surface area contributed by atoms with Crippen molar-refractivity contribution in [1.29, 1.82) is 0 Å². The fourth-order valence-corrected chi connectivity index (χ4v) is 1.71. The van der Waals surface area contributed by atoms with Crippen LogP contribution in [0.5, 0.6) is 0 Å². The molecule has 2 N–H and O–H groups in total. The van der Waals surface area contributed by atoms with Gasteiger partial charge < -0.3 is 10.3 Å². The summed E-state index contributed by atoms with van der Waals surface area (Å²) in [5, 5.41) is 8.17. The smallest absolute Gasteiger partial charge is 0.146 e. The van der Waals surface area contributed by atoms with Crippen molar-refractivity contribution in [1.82, 2.24) is 14.8 Å². The highest BCUT2D eigenvalue weighted by Crippen LogP contribution is 2.29. The van der Waals surface area contributed by atoms with Crippen molar-refractivity contribution in [2.75, 3.05) is 0 Å². The maximum Gasteiger partial charge on any atom is 0.146 e. The van der Waals surface area contributed by atoms with Crippen molar-refractivity contribution in [2.24, 2.45) is 18.7 Å². The van der Waals surface area contributed by atoms with Gasteiger partial charge in [-0.3, -0.25) is 0 Å². The van der Waals surface area contributed by atoms with Crippen LogP contribution in [-0.4, -0.2) is 14.8 Å². The van der Waals surface area contributed by atoms with E-state index in [0.717, 1.165) is 24.0 Å². The van der Waals surface area contributed by atoms with Crippen LogP contribution in [0.1, 0.15) is 30.9 Å². The Morgan fingerprint density at radius 3 is 2.54 bits per heavy atom. The summed E-state index contributed by atoms with van der Waals surface area (Å²) in [6.45, 7) is 0.480. The standard InChI is InChI=1S/C9H16N4/c1-13-8(5-7-3-2-4-7)11-12-9(13)6-10/h7H,2-6,10H2,1H3. The average molecular weight is 180 g/mol. The monoisotopic (exact) mass is 180 g/mol. The van der Waals surface area contributed by atoms with Crippen LogP contribution in [0, 0.1) is 5.92 Å². The van der Waals surface area contributed by atoms with Crippen molar-refractivity contribution >= 4 is 0 Å². The van der Waals surface area contributed by atoms with Crippen LogP contribution >= 0.6 is 0 Å². The van der Waals surface area contributed by atoms with E-state index in [9.17, 15) is 0 Å². The summed E-state index contributed by atoms with van der Waals surface area (Å²) in [6, 6.07) is 0. The Morgan fingerprint density at radius 1 is 1.38 bits per heavy atom. The molecule has 1 heterocycles. The summed E-state index contributed by atoms with van der Waals surface area (Å²) >= 11 is 0. The van der Waals surface area contributed by atoms with E-state index in [0.29, 0.717) is 6.54 Å². The maximum atomic E-state index is 5.52. The number of nitrogens with zero attached hydrogens (tertiary/aromatic N) is 3. The van der Waals surface area contributed by atoms with Crippen LogP contribution < -0.4 is 5.73 Å². The van der Waals surface area contributed by atoms with Crippen molar-refractivity contribution in [2.45, 2.75) is 32.2 Å². The van der Waals surface area contributed by atoms with Gasteiger partial charge in [0.15, 0.2) is 0 Å². The molecule has 1 aliphatic rings. The van der Waals surface area contributed by atoms with E-state index in [1.54, 1.807) is 0 Å². The Labute approximate surface area is 78.1 Å². The van der Waals surface area contributed by atoms with Crippen molar-refractivity contribution in [3.63, 3.8) is 0 Å². The van der Waals surface area contributed by atoms with Gasteiger partial charge in [-0.1, -0.05) is 19.3 Å². The molecule has 4 nitrogen and oxygen atoms in total. The average Bonchev–Trinajstić information content (AvgIpc) is 2.40. The van der Waals surface area contributed by atoms with E-state index < -0.39 is 0 Å². The zero-order valence-corrected chi connectivity index (χ0v) is 8.03. The van der Waals surface area contributed by atoms with E-state index in [2.05, 4.69) is 10.2 Å². The molecule has 0 aliphatic heterocycles. The molecule has 1 saturated carbocycles. The molecule has 0 radical (unpaired) electrons. The molecule has 0 amide bonds. The number of aromatic nitrogens is 3. The minimum absolute atomic E-state index is 0.480. The van der Waals surface area contributed by atoms with Crippen LogP contribution in [0.3, 0.4) is 0 Å². The first-order chi connectivity index (χ1) is 6.31.